The zero-order valence-electron chi connectivity index (χ0n) is 21.6. The SMILES string of the molecule is CCN(CC)P(OC[C@H]1O[C@@H](n2cc(C)c(=O)[nH]c2=O)C[C@@H]1OC(=O)CCC(C)=O)N(CC)CC. The fourth-order valence-electron chi connectivity index (χ4n) is 3.86. The molecule has 1 aromatic rings. The maximum atomic E-state index is 12.4. The number of rotatable bonds is 14. The van der Waals surface area contributed by atoms with Gasteiger partial charge in [-0.2, -0.15) is 0 Å². The van der Waals surface area contributed by atoms with Gasteiger partial charge >= 0.3 is 11.7 Å². The number of hydrogen-bond donors (Lipinski definition) is 1. The first-order chi connectivity index (χ1) is 16.6. The minimum Gasteiger partial charge on any atom is -0.459 e. The predicted octanol–water partition coefficient (Wildman–Crippen LogP) is 2.34. The summed E-state index contributed by atoms with van der Waals surface area (Å²) in [6.45, 7) is 14.8. The third-order valence-corrected chi connectivity index (χ3v) is 8.38. The number of aryl methyl sites for hydroxylation is 1. The molecule has 1 N–H and O–H groups in total. The molecule has 2 heterocycles. The van der Waals surface area contributed by atoms with E-state index in [9.17, 15) is 19.2 Å². The lowest BCUT2D eigenvalue weighted by molar-refractivity contribution is -0.153. The molecule has 1 saturated heterocycles. The van der Waals surface area contributed by atoms with Crippen LogP contribution in [0, 0.1) is 6.92 Å². The van der Waals surface area contributed by atoms with Gasteiger partial charge < -0.3 is 18.8 Å². The first-order valence-corrected chi connectivity index (χ1v) is 13.4. The van der Waals surface area contributed by atoms with E-state index in [0.29, 0.717) is 5.56 Å². The fraction of sp³-hybridized carbons (Fsp3) is 0.739. The van der Waals surface area contributed by atoms with Crippen molar-refractivity contribution in [3.05, 3.63) is 32.6 Å². The van der Waals surface area contributed by atoms with Crippen LogP contribution in [0.5, 0.6) is 0 Å². The summed E-state index contributed by atoms with van der Waals surface area (Å²) in [5.74, 6) is -0.596. The van der Waals surface area contributed by atoms with Crippen LogP contribution in [0.25, 0.3) is 0 Å². The van der Waals surface area contributed by atoms with Crippen molar-refractivity contribution in [2.75, 3.05) is 32.8 Å². The summed E-state index contributed by atoms with van der Waals surface area (Å²) in [6.07, 6.45) is -0.258. The van der Waals surface area contributed by atoms with Crippen molar-refractivity contribution in [3.8, 4) is 0 Å². The van der Waals surface area contributed by atoms with Crippen LogP contribution in [0.3, 0.4) is 0 Å². The van der Waals surface area contributed by atoms with Crippen LogP contribution in [0.1, 0.15) is 65.7 Å². The first-order valence-electron chi connectivity index (χ1n) is 12.2. The van der Waals surface area contributed by atoms with Crippen molar-refractivity contribution < 1.29 is 23.6 Å². The average molecular weight is 515 g/mol. The van der Waals surface area contributed by atoms with Crippen LogP contribution in [-0.2, 0) is 23.6 Å². The summed E-state index contributed by atoms with van der Waals surface area (Å²) >= 11 is 0. The molecule has 0 spiro atoms. The summed E-state index contributed by atoms with van der Waals surface area (Å²) in [4.78, 5) is 50.2. The highest BCUT2D eigenvalue weighted by Crippen LogP contribution is 2.46. The van der Waals surface area contributed by atoms with Crippen LogP contribution in [0.4, 0.5) is 0 Å². The minimum atomic E-state index is -1.06. The van der Waals surface area contributed by atoms with Gasteiger partial charge in [0.25, 0.3) is 5.56 Å². The molecule has 0 unspecified atom stereocenters. The highest BCUT2D eigenvalue weighted by atomic mass is 31.2. The van der Waals surface area contributed by atoms with Gasteiger partial charge in [-0.3, -0.25) is 19.1 Å². The van der Waals surface area contributed by atoms with Gasteiger partial charge in [0.2, 0.25) is 0 Å². The number of nitrogens with zero attached hydrogens (tertiary/aromatic N) is 3. The van der Waals surface area contributed by atoms with Crippen molar-refractivity contribution >= 4 is 20.2 Å². The second kappa shape index (κ2) is 14.0. The molecular weight excluding hydrogens is 475 g/mol. The van der Waals surface area contributed by atoms with Crippen molar-refractivity contribution in [2.24, 2.45) is 0 Å². The Kier molecular flexibility index (Phi) is 11.7. The molecular formula is C23H39N4O7P. The van der Waals surface area contributed by atoms with Crippen LogP contribution >= 0.6 is 8.45 Å². The molecule has 11 nitrogen and oxygen atoms in total. The van der Waals surface area contributed by atoms with Gasteiger partial charge in [0.05, 0.1) is 13.0 Å². The number of carbonyl (C=O) groups is 2. The third kappa shape index (κ3) is 8.05. The number of esters is 1. The molecule has 1 fully saturated rings. The number of nitrogens with one attached hydrogen (secondary N) is 1. The van der Waals surface area contributed by atoms with Crippen molar-refractivity contribution in [3.63, 3.8) is 0 Å². The van der Waals surface area contributed by atoms with Crippen molar-refractivity contribution in [1.82, 2.24) is 18.9 Å². The average Bonchev–Trinajstić information content (AvgIpc) is 3.21. The Balaban J connectivity index is 2.25. The highest BCUT2D eigenvalue weighted by Gasteiger charge is 2.40. The molecule has 0 saturated carbocycles. The third-order valence-electron chi connectivity index (χ3n) is 5.90. The van der Waals surface area contributed by atoms with E-state index in [1.165, 1.54) is 17.7 Å². The number of H-pyrrole nitrogens is 1. The molecule has 35 heavy (non-hydrogen) atoms. The van der Waals surface area contributed by atoms with E-state index >= 15 is 0 Å². The first kappa shape index (κ1) is 29.3. The Labute approximate surface area is 207 Å². The van der Waals surface area contributed by atoms with Gasteiger partial charge in [0.1, 0.15) is 24.2 Å². The molecule has 0 bridgehead atoms. The van der Waals surface area contributed by atoms with Crippen molar-refractivity contribution in [1.29, 1.82) is 0 Å². The zero-order valence-corrected chi connectivity index (χ0v) is 22.5. The van der Waals surface area contributed by atoms with Crippen LogP contribution in [0.15, 0.2) is 15.8 Å². The second-order valence-electron chi connectivity index (χ2n) is 8.40. The Morgan fingerprint density at radius 1 is 1.11 bits per heavy atom. The van der Waals surface area contributed by atoms with E-state index in [1.54, 1.807) is 6.92 Å². The maximum absolute atomic E-state index is 12.4. The number of aromatic amines is 1. The van der Waals surface area contributed by atoms with E-state index in [-0.39, 0.29) is 31.7 Å². The summed E-state index contributed by atoms with van der Waals surface area (Å²) in [6, 6.07) is 0. The summed E-state index contributed by atoms with van der Waals surface area (Å²) in [5, 5.41) is 0. The molecule has 1 aliphatic heterocycles. The molecule has 198 valence electrons. The summed E-state index contributed by atoms with van der Waals surface area (Å²) in [7, 11) is -1.06. The smallest absolute Gasteiger partial charge is 0.330 e. The van der Waals surface area contributed by atoms with Crippen LogP contribution < -0.4 is 11.2 Å². The van der Waals surface area contributed by atoms with E-state index in [0.717, 1.165) is 26.2 Å². The van der Waals surface area contributed by atoms with Crippen molar-refractivity contribution in [2.45, 2.75) is 79.2 Å². The molecule has 0 amide bonds. The molecule has 0 aromatic carbocycles. The van der Waals surface area contributed by atoms with Crippen LogP contribution in [-0.4, -0.2) is 75.6 Å². The fourth-order valence-corrected chi connectivity index (χ4v) is 5.80. The maximum Gasteiger partial charge on any atom is 0.330 e. The zero-order chi connectivity index (χ0) is 26.1. The minimum absolute atomic E-state index is 0.0204. The van der Waals surface area contributed by atoms with Gasteiger partial charge in [-0.1, -0.05) is 27.7 Å². The Morgan fingerprint density at radius 3 is 2.26 bits per heavy atom. The molecule has 3 atom stereocenters. The lowest BCUT2D eigenvalue weighted by atomic mass is 10.1. The molecule has 0 radical (unpaired) electrons. The standard InChI is InChI=1S/C23H39N4O7P/c1-7-25(8-2)35(26(9-3)10-4)32-15-19-18(34-21(29)12-11-17(6)28)13-20(33-19)27-14-16(5)22(30)24-23(27)31/h14,18-20H,7-13,15H2,1-6H3,(H,24,30,31)/t18-,19+,20+/m0/s1. The number of Topliss-reactive ketones (excluding diaryl/α,β-unsaturated/α-hetero) is 1. The normalized spacial score (nSPS) is 20.2. The van der Waals surface area contributed by atoms with E-state index in [4.69, 9.17) is 14.0 Å². The molecule has 12 heteroatoms. The number of hydrogen-bond acceptors (Lipinski definition) is 9. The van der Waals surface area contributed by atoms with Gasteiger partial charge in [-0.25, -0.2) is 14.1 Å². The van der Waals surface area contributed by atoms with Gasteiger partial charge in [-0.15, -0.1) is 0 Å². The van der Waals surface area contributed by atoms with E-state index < -0.39 is 44.1 Å². The van der Waals surface area contributed by atoms with Gasteiger partial charge in [0, 0.05) is 50.8 Å². The molecule has 1 aliphatic rings. The van der Waals surface area contributed by atoms with Crippen LogP contribution in [0.2, 0.25) is 0 Å². The number of ether oxygens (including phenoxy) is 2. The number of ketones is 1. The highest BCUT2D eigenvalue weighted by molar-refractivity contribution is 7.47. The van der Waals surface area contributed by atoms with E-state index in [2.05, 4.69) is 42.0 Å². The lowest BCUT2D eigenvalue weighted by Crippen LogP contribution is -2.35. The van der Waals surface area contributed by atoms with Gasteiger partial charge in [-0.05, 0) is 13.8 Å². The lowest BCUT2D eigenvalue weighted by Gasteiger charge is -2.36. The monoisotopic (exact) mass is 514 g/mol. The van der Waals surface area contributed by atoms with Gasteiger partial charge in [0.15, 0.2) is 8.45 Å². The molecule has 0 aliphatic carbocycles. The summed E-state index contributed by atoms with van der Waals surface area (Å²) < 4.78 is 24.0. The topological polar surface area (TPSA) is 123 Å². The molecule has 1 aromatic heterocycles. The largest absolute Gasteiger partial charge is 0.459 e. The summed E-state index contributed by atoms with van der Waals surface area (Å²) in [5.41, 5.74) is -0.683. The number of carbonyl (C=O) groups excluding carboxylic acids is 2. The van der Waals surface area contributed by atoms with E-state index in [1.807, 2.05) is 0 Å². The molecule has 2 rings (SSSR count). The Morgan fingerprint density at radius 2 is 1.71 bits per heavy atom. The number of aromatic nitrogens is 2. The quantitative estimate of drug-likeness (QED) is 0.294. The Hall–Kier alpha value is -1.91. The Bertz CT molecular complexity index is 946. The second-order valence-corrected chi connectivity index (χ2v) is 10.3. The predicted molar refractivity (Wildman–Crippen MR) is 133 cm³/mol.